The second kappa shape index (κ2) is 13.3. The fraction of sp³-hybridized carbons (Fsp3) is 0.294. The van der Waals surface area contributed by atoms with Gasteiger partial charge in [0.05, 0.1) is 13.2 Å². The molecule has 0 aliphatic rings. The van der Waals surface area contributed by atoms with Crippen LogP contribution in [0.3, 0.4) is 0 Å². The van der Waals surface area contributed by atoms with Crippen molar-refractivity contribution in [1.82, 2.24) is 0 Å². The first-order valence-corrected chi connectivity index (χ1v) is 16.5. The van der Waals surface area contributed by atoms with Crippen molar-refractivity contribution in [2.75, 3.05) is 24.7 Å². The predicted octanol–water partition coefficient (Wildman–Crippen LogP) is 2.75. The van der Waals surface area contributed by atoms with Crippen LogP contribution in [0.2, 0.25) is 0 Å². The molecule has 10 N–H and O–H groups in total. The van der Waals surface area contributed by atoms with Gasteiger partial charge in [-0.3, -0.25) is 0 Å². The smallest absolute Gasteiger partial charge is 0.166 e. The lowest BCUT2D eigenvalue weighted by molar-refractivity contribution is 0.322. The zero-order chi connectivity index (χ0) is 34.4. The van der Waals surface area contributed by atoms with Gasteiger partial charge in [-0.1, -0.05) is 32.6 Å². The van der Waals surface area contributed by atoms with E-state index in [0.29, 0.717) is 5.57 Å². The van der Waals surface area contributed by atoms with E-state index in [4.69, 9.17) is 0 Å². The SMILES string of the molecule is C=c1c(O)c2c(C(C)C)c(O)c(O)c(CSCCO)c2c(O)/c1=c1\c(O)c2c(=CSCCO)c(O)c(O)c(=C(C)C)c2c(O)c1=C. The van der Waals surface area contributed by atoms with Gasteiger partial charge in [0, 0.05) is 81.2 Å². The Bertz CT molecular complexity index is 2230. The van der Waals surface area contributed by atoms with E-state index in [1.54, 1.807) is 27.7 Å². The van der Waals surface area contributed by atoms with Crippen LogP contribution in [0.15, 0.2) is 0 Å². The molecule has 4 rings (SSSR count). The summed E-state index contributed by atoms with van der Waals surface area (Å²) in [5, 5.41) is 110. The average Bonchev–Trinajstić information content (AvgIpc) is 2.99. The molecule has 0 heterocycles. The number of aliphatic hydroxyl groups excluding tert-OH is 2. The fourth-order valence-electron chi connectivity index (χ4n) is 5.88. The molecule has 0 atom stereocenters. The number of rotatable bonds is 8. The van der Waals surface area contributed by atoms with Crippen LogP contribution in [0.5, 0.6) is 46.0 Å². The molecular weight excluding hydrogens is 632 g/mol. The molecule has 0 radical (unpaired) electrons. The molecule has 0 bridgehead atoms. The second-order valence-corrected chi connectivity index (χ2v) is 13.4. The lowest BCUT2D eigenvalue weighted by atomic mass is 9.88. The third kappa shape index (κ3) is 5.38. The number of benzene rings is 4. The Morgan fingerprint density at radius 2 is 1.20 bits per heavy atom. The highest BCUT2D eigenvalue weighted by Crippen LogP contribution is 2.49. The third-order valence-electron chi connectivity index (χ3n) is 7.89. The van der Waals surface area contributed by atoms with Crippen LogP contribution < -0.4 is 20.9 Å². The summed E-state index contributed by atoms with van der Waals surface area (Å²) in [6.07, 6.45) is 0. The van der Waals surface area contributed by atoms with Gasteiger partial charge in [0.1, 0.15) is 23.0 Å². The van der Waals surface area contributed by atoms with E-state index < -0.39 is 51.9 Å². The van der Waals surface area contributed by atoms with Crippen molar-refractivity contribution in [3.8, 4) is 46.0 Å². The maximum atomic E-state index is 12.0. The number of hydrogen-bond donors (Lipinski definition) is 10. The molecule has 0 saturated carbocycles. The van der Waals surface area contributed by atoms with Gasteiger partial charge in [-0.2, -0.15) is 11.8 Å². The lowest BCUT2D eigenvalue weighted by Crippen LogP contribution is -2.19. The fourth-order valence-corrected chi connectivity index (χ4v) is 7.25. The molecule has 0 saturated heterocycles. The number of aliphatic hydroxyl groups is 2. The van der Waals surface area contributed by atoms with Crippen LogP contribution >= 0.6 is 23.5 Å². The van der Waals surface area contributed by atoms with Crippen LogP contribution in [0, 0.1) is 10.4 Å². The van der Waals surface area contributed by atoms with Gasteiger partial charge in [0.25, 0.3) is 0 Å². The normalized spacial score (nSPS) is 13.0. The second-order valence-electron chi connectivity index (χ2n) is 11.3. The summed E-state index contributed by atoms with van der Waals surface area (Å²) in [5.41, 5.74) is 0.680. The molecule has 0 fully saturated rings. The van der Waals surface area contributed by atoms with Crippen LogP contribution in [-0.2, 0) is 5.75 Å². The Labute approximate surface area is 272 Å². The van der Waals surface area contributed by atoms with Gasteiger partial charge < -0.3 is 51.1 Å². The van der Waals surface area contributed by atoms with Gasteiger partial charge in [0.15, 0.2) is 23.0 Å². The monoisotopic (exact) mass is 670 g/mol. The maximum absolute atomic E-state index is 12.0. The highest BCUT2D eigenvalue weighted by atomic mass is 32.2. The van der Waals surface area contributed by atoms with Crippen LogP contribution in [0.1, 0.15) is 44.7 Å². The van der Waals surface area contributed by atoms with Crippen molar-refractivity contribution in [3.63, 3.8) is 0 Å². The van der Waals surface area contributed by atoms with Gasteiger partial charge in [-0.25, -0.2) is 0 Å². The molecule has 246 valence electrons. The van der Waals surface area contributed by atoms with Crippen LogP contribution in [0.25, 0.3) is 45.7 Å². The Balaban J connectivity index is 2.51. The number of phenols is 8. The van der Waals surface area contributed by atoms with Gasteiger partial charge in [-0.15, -0.1) is 11.8 Å². The van der Waals surface area contributed by atoms with Crippen molar-refractivity contribution in [1.29, 1.82) is 0 Å². The molecule has 0 unspecified atom stereocenters. The summed E-state index contributed by atoms with van der Waals surface area (Å²) >= 11 is 2.27. The number of thioether (sulfide) groups is 2. The summed E-state index contributed by atoms with van der Waals surface area (Å²) in [5.74, 6) is -4.20. The first-order chi connectivity index (χ1) is 21.6. The third-order valence-corrected chi connectivity index (χ3v) is 9.67. The van der Waals surface area contributed by atoms with Crippen molar-refractivity contribution in [2.45, 2.75) is 39.4 Å². The molecule has 12 heteroatoms. The molecule has 0 spiro atoms. The Hall–Kier alpha value is -4.10. The van der Waals surface area contributed by atoms with Crippen LogP contribution in [-0.4, -0.2) is 75.8 Å². The van der Waals surface area contributed by atoms with E-state index >= 15 is 0 Å². The van der Waals surface area contributed by atoms with E-state index in [2.05, 4.69) is 13.2 Å². The minimum atomic E-state index is -0.600. The number of phenolic OH excluding ortho intramolecular Hbond substituents is 8. The average molecular weight is 671 g/mol. The summed E-state index contributed by atoms with van der Waals surface area (Å²) in [6.45, 7) is 14.3. The van der Waals surface area contributed by atoms with E-state index in [9.17, 15) is 51.1 Å². The first-order valence-electron chi connectivity index (χ1n) is 14.3. The van der Waals surface area contributed by atoms with Crippen LogP contribution in [0.4, 0.5) is 0 Å². The molecule has 0 aliphatic carbocycles. The largest absolute Gasteiger partial charge is 0.507 e. The molecular formula is C34H38O10S2. The molecule has 0 aliphatic heterocycles. The standard InChI is InChI=1S/C34H38O10S2/c1-13(2)19-25-23(17(11-45-9-7-35)29(39)33(19)43)31(41)21(15(5)27(25)37)22-16(6)28(38)26-20(14(3)4)34(44)30(40)18(12-46-10-8-36)24(26)32(22)42/h11,14,35-44H,5-10,12H2,1-4H3/b17-11?,22-21-. The number of hydrogen-bond acceptors (Lipinski definition) is 12. The minimum absolute atomic E-state index is 0.00719. The van der Waals surface area contributed by atoms with Gasteiger partial charge >= 0.3 is 0 Å². The molecule has 0 amide bonds. The Kier molecular flexibility index (Phi) is 10.1. The molecule has 0 aromatic heterocycles. The zero-order valence-electron chi connectivity index (χ0n) is 25.9. The quantitative estimate of drug-likeness (QED) is 0.0748. The molecule has 46 heavy (non-hydrogen) atoms. The van der Waals surface area contributed by atoms with Crippen molar-refractivity contribution >= 4 is 69.2 Å². The Morgan fingerprint density at radius 3 is 1.72 bits per heavy atom. The Morgan fingerprint density at radius 1 is 0.652 bits per heavy atom. The summed E-state index contributed by atoms with van der Waals surface area (Å²) in [6, 6.07) is 0. The number of fused-ring (bicyclic) bond motifs is 2. The molecule has 10 nitrogen and oxygen atoms in total. The van der Waals surface area contributed by atoms with Gasteiger partial charge in [0.2, 0.25) is 0 Å². The summed E-state index contributed by atoms with van der Waals surface area (Å²) in [7, 11) is 0. The van der Waals surface area contributed by atoms with Crippen molar-refractivity contribution in [3.05, 3.63) is 42.4 Å². The predicted molar refractivity (Wildman–Crippen MR) is 185 cm³/mol. The lowest BCUT2D eigenvalue weighted by Gasteiger charge is -2.20. The first kappa shape index (κ1) is 34.8. The van der Waals surface area contributed by atoms with Crippen molar-refractivity contribution in [2.24, 2.45) is 0 Å². The highest BCUT2D eigenvalue weighted by molar-refractivity contribution is 8.06. The van der Waals surface area contributed by atoms with Gasteiger partial charge in [-0.05, 0) is 25.2 Å². The minimum Gasteiger partial charge on any atom is -0.507 e. The highest BCUT2D eigenvalue weighted by Gasteiger charge is 2.27. The van der Waals surface area contributed by atoms with Crippen molar-refractivity contribution < 1.29 is 51.1 Å². The van der Waals surface area contributed by atoms with E-state index in [0.717, 1.165) is 11.8 Å². The van der Waals surface area contributed by atoms with E-state index in [-0.39, 0.29) is 94.5 Å². The molecule has 4 aromatic rings. The molecule has 4 aromatic carbocycles. The van der Waals surface area contributed by atoms with E-state index in [1.807, 2.05) is 0 Å². The van der Waals surface area contributed by atoms with E-state index in [1.165, 1.54) is 17.2 Å². The number of aromatic hydroxyl groups is 8. The summed E-state index contributed by atoms with van der Waals surface area (Å²) < 4.78 is 0. The topological polar surface area (TPSA) is 202 Å². The summed E-state index contributed by atoms with van der Waals surface area (Å²) in [4.78, 5) is 0. The maximum Gasteiger partial charge on any atom is 0.166 e. The zero-order valence-corrected chi connectivity index (χ0v) is 27.5.